The van der Waals surface area contributed by atoms with E-state index < -0.39 is 36.0 Å². The second-order valence-electron chi connectivity index (χ2n) is 6.57. The number of H-pyrrole nitrogens is 1. The monoisotopic (exact) mass is 425 g/mol. The molecule has 6 N–H and O–H groups in total. The van der Waals surface area contributed by atoms with Gasteiger partial charge in [0.05, 0.1) is 19.1 Å². The number of hydrogen-bond donors (Lipinski definition) is 6. The second kappa shape index (κ2) is 10.8. The number of aldehydes is 1. The molecule has 2 rings (SSSR count). The van der Waals surface area contributed by atoms with Crippen molar-refractivity contribution in [1.82, 2.24) is 46.8 Å². The fourth-order valence-electron chi connectivity index (χ4n) is 2.78. The van der Waals surface area contributed by atoms with Crippen LogP contribution in [0.3, 0.4) is 0 Å². The van der Waals surface area contributed by atoms with Gasteiger partial charge in [-0.3, -0.25) is 9.59 Å². The lowest BCUT2D eigenvalue weighted by atomic mass is 9.99. The normalized spacial score (nSPS) is 17.7. The summed E-state index contributed by atoms with van der Waals surface area (Å²) in [7, 11) is 0. The highest BCUT2D eigenvalue weighted by Gasteiger charge is 2.39. The van der Waals surface area contributed by atoms with Gasteiger partial charge in [0.25, 0.3) is 0 Å². The van der Waals surface area contributed by atoms with Gasteiger partial charge in [0.2, 0.25) is 11.8 Å². The maximum Gasteiger partial charge on any atom is 0.405 e. The molecule has 0 bridgehead atoms. The molecule has 0 saturated carbocycles. The topological polar surface area (TPSA) is 211 Å². The van der Waals surface area contributed by atoms with Gasteiger partial charge in [0.1, 0.15) is 12.3 Å². The standard InChI is InChI=1S/C15H23N9O6/c1-8(9(7-25)19-15(29)30)2-3-16-6-12(26)24-10(4-18-14(24)28)13(27)17-5-11-20-22-23-21-11/h7-10,16,19H,2-6H2,1H3,(H,17,27)(H,18,28)(H,29,30)(H,20,21,22,23)/t8?,9?,10-/m0/s1. The van der Waals surface area contributed by atoms with E-state index in [-0.39, 0.29) is 31.4 Å². The van der Waals surface area contributed by atoms with E-state index >= 15 is 0 Å². The lowest BCUT2D eigenvalue weighted by Gasteiger charge is -2.21. The summed E-state index contributed by atoms with van der Waals surface area (Å²) in [5, 5.41) is 31.6. The molecular formula is C15H23N9O6. The van der Waals surface area contributed by atoms with Crippen molar-refractivity contribution in [3.05, 3.63) is 5.82 Å². The van der Waals surface area contributed by atoms with E-state index in [2.05, 4.69) is 41.9 Å². The molecule has 5 amide bonds. The highest BCUT2D eigenvalue weighted by Crippen LogP contribution is 2.09. The molecule has 1 aromatic rings. The smallest absolute Gasteiger partial charge is 0.405 e. The summed E-state index contributed by atoms with van der Waals surface area (Å²) >= 11 is 0. The van der Waals surface area contributed by atoms with Gasteiger partial charge in [-0.2, -0.15) is 5.21 Å². The number of imide groups is 1. The average Bonchev–Trinajstić information content (AvgIpc) is 3.36. The van der Waals surface area contributed by atoms with Crippen molar-refractivity contribution in [3.8, 4) is 0 Å². The fraction of sp³-hybridized carbons (Fsp3) is 0.600. The number of aromatic amines is 1. The first-order valence-corrected chi connectivity index (χ1v) is 9.08. The van der Waals surface area contributed by atoms with Crippen LogP contribution in [0.25, 0.3) is 0 Å². The molecule has 1 saturated heterocycles. The lowest BCUT2D eigenvalue weighted by molar-refractivity contribution is -0.135. The van der Waals surface area contributed by atoms with Crippen molar-refractivity contribution in [2.45, 2.75) is 32.0 Å². The summed E-state index contributed by atoms with van der Waals surface area (Å²) in [6, 6.07) is -2.56. The SMILES string of the molecule is CC(CCNCC(=O)N1C(=O)NC[C@H]1C(=O)NCc1nn[nH]n1)C(C=O)NC(=O)O. The molecule has 0 aliphatic carbocycles. The van der Waals surface area contributed by atoms with E-state index in [0.717, 1.165) is 4.90 Å². The number of carbonyl (C=O) groups excluding carboxylic acids is 4. The number of carbonyl (C=O) groups is 5. The van der Waals surface area contributed by atoms with Crippen molar-refractivity contribution >= 4 is 30.2 Å². The third-order valence-electron chi connectivity index (χ3n) is 4.46. The Morgan fingerprint density at radius 3 is 2.80 bits per heavy atom. The molecule has 15 heteroatoms. The number of carboxylic acid groups (broad SMARTS) is 1. The van der Waals surface area contributed by atoms with Crippen LogP contribution in [-0.4, -0.2) is 92.6 Å². The summed E-state index contributed by atoms with van der Waals surface area (Å²) in [4.78, 5) is 59.2. The van der Waals surface area contributed by atoms with Crippen LogP contribution in [0.2, 0.25) is 0 Å². The summed E-state index contributed by atoms with van der Waals surface area (Å²) in [6.45, 7) is 1.73. The first-order valence-electron chi connectivity index (χ1n) is 9.08. The van der Waals surface area contributed by atoms with Crippen LogP contribution < -0.4 is 21.3 Å². The molecule has 164 valence electrons. The Bertz CT molecular complexity index is 771. The minimum absolute atomic E-state index is 0.0134. The number of hydrogen-bond acceptors (Lipinski definition) is 9. The maximum absolute atomic E-state index is 12.4. The van der Waals surface area contributed by atoms with Gasteiger partial charge in [-0.15, -0.1) is 10.2 Å². The minimum Gasteiger partial charge on any atom is -0.465 e. The van der Waals surface area contributed by atoms with Crippen LogP contribution in [0.4, 0.5) is 9.59 Å². The first kappa shape index (κ1) is 22.7. The average molecular weight is 425 g/mol. The van der Waals surface area contributed by atoms with Gasteiger partial charge in [0.15, 0.2) is 5.82 Å². The summed E-state index contributed by atoms with van der Waals surface area (Å²) < 4.78 is 0. The zero-order valence-corrected chi connectivity index (χ0v) is 16.1. The molecule has 0 spiro atoms. The highest BCUT2D eigenvalue weighted by molar-refractivity contribution is 6.02. The Hall–Kier alpha value is -3.62. The van der Waals surface area contributed by atoms with Gasteiger partial charge in [-0.1, -0.05) is 12.1 Å². The van der Waals surface area contributed by atoms with E-state index in [1.165, 1.54) is 0 Å². The maximum atomic E-state index is 12.4. The zero-order valence-electron chi connectivity index (χ0n) is 16.1. The molecule has 1 aliphatic rings. The predicted molar refractivity (Wildman–Crippen MR) is 97.7 cm³/mol. The van der Waals surface area contributed by atoms with E-state index in [1.54, 1.807) is 6.92 Å². The summed E-state index contributed by atoms with van der Waals surface area (Å²) in [5.41, 5.74) is 0. The van der Waals surface area contributed by atoms with E-state index in [4.69, 9.17) is 5.11 Å². The van der Waals surface area contributed by atoms with Crippen molar-refractivity contribution in [1.29, 1.82) is 0 Å². The number of tetrazole rings is 1. The third kappa shape index (κ3) is 6.20. The number of rotatable bonds is 11. The quantitative estimate of drug-likeness (QED) is 0.158. The lowest BCUT2D eigenvalue weighted by Crippen LogP contribution is -2.50. The largest absolute Gasteiger partial charge is 0.465 e. The minimum atomic E-state index is -1.30. The fourth-order valence-corrected chi connectivity index (χ4v) is 2.78. The van der Waals surface area contributed by atoms with Crippen LogP contribution in [-0.2, 0) is 20.9 Å². The van der Waals surface area contributed by atoms with E-state index in [1.807, 2.05) is 0 Å². The van der Waals surface area contributed by atoms with Gasteiger partial charge >= 0.3 is 12.1 Å². The molecule has 30 heavy (non-hydrogen) atoms. The molecule has 2 unspecified atom stereocenters. The van der Waals surface area contributed by atoms with Gasteiger partial charge in [-0.05, 0) is 18.9 Å². The Morgan fingerprint density at radius 1 is 1.40 bits per heavy atom. The van der Waals surface area contributed by atoms with E-state index in [9.17, 15) is 24.0 Å². The molecule has 1 fully saturated rings. The molecule has 0 aromatic carbocycles. The van der Waals surface area contributed by atoms with Gasteiger partial charge in [-0.25, -0.2) is 14.5 Å². The molecule has 1 aromatic heterocycles. The van der Waals surface area contributed by atoms with Crippen molar-refractivity contribution < 1.29 is 29.1 Å². The Morgan fingerprint density at radius 2 is 2.17 bits per heavy atom. The van der Waals surface area contributed by atoms with Crippen LogP contribution >= 0.6 is 0 Å². The van der Waals surface area contributed by atoms with Crippen LogP contribution in [0, 0.1) is 5.92 Å². The Kier molecular flexibility index (Phi) is 8.16. The van der Waals surface area contributed by atoms with Gasteiger partial charge < -0.3 is 31.2 Å². The predicted octanol–water partition coefficient (Wildman–Crippen LogP) is -2.81. The summed E-state index contributed by atoms with van der Waals surface area (Å²) in [6.07, 6.45) is -0.389. The number of aromatic nitrogens is 4. The molecular weight excluding hydrogens is 402 g/mol. The Labute approximate surface area is 170 Å². The first-order chi connectivity index (χ1) is 14.3. The second-order valence-corrected chi connectivity index (χ2v) is 6.57. The van der Waals surface area contributed by atoms with Crippen LogP contribution in [0.15, 0.2) is 0 Å². The number of urea groups is 1. The van der Waals surface area contributed by atoms with E-state index in [0.29, 0.717) is 19.3 Å². The van der Waals surface area contributed by atoms with Crippen LogP contribution in [0.5, 0.6) is 0 Å². The third-order valence-corrected chi connectivity index (χ3v) is 4.46. The van der Waals surface area contributed by atoms with Crippen molar-refractivity contribution in [2.75, 3.05) is 19.6 Å². The number of amides is 5. The molecule has 3 atom stereocenters. The van der Waals surface area contributed by atoms with Gasteiger partial charge in [0, 0.05) is 6.54 Å². The molecule has 15 nitrogen and oxygen atoms in total. The van der Waals surface area contributed by atoms with Crippen molar-refractivity contribution in [3.63, 3.8) is 0 Å². The Balaban J connectivity index is 1.79. The number of nitrogens with zero attached hydrogens (tertiary/aromatic N) is 4. The van der Waals surface area contributed by atoms with Crippen LogP contribution in [0.1, 0.15) is 19.2 Å². The molecule has 0 radical (unpaired) electrons. The highest BCUT2D eigenvalue weighted by atomic mass is 16.4. The molecule has 2 heterocycles. The van der Waals surface area contributed by atoms with Crippen molar-refractivity contribution in [2.24, 2.45) is 5.92 Å². The summed E-state index contributed by atoms with van der Waals surface area (Å²) in [5.74, 6) is -1.21. The number of nitrogens with one attached hydrogen (secondary N) is 5. The zero-order chi connectivity index (χ0) is 22.1. The molecule has 1 aliphatic heterocycles.